The first kappa shape index (κ1) is 14.1. The third kappa shape index (κ3) is 3.00. The van der Waals surface area contributed by atoms with E-state index in [0.29, 0.717) is 25.5 Å². The highest BCUT2D eigenvalue weighted by atomic mass is 16.5. The summed E-state index contributed by atoms with van der Waals surface area (Å²) in [6.45, 7) is 5.89. The predicted molar refractivity (Wildman–Crippen MR) is 68.9 cm³/mol. The van der Waals surface area contributed by atoms with Crippen molar-refractivity contribution in [1.29, 1.82) is 0 Å². The van der Waals surface area contributed by atoms with Gasteiger partial charge in [-0.3, -0.25) is 4.79 Å². The van der Waals surface area contributed by atoms with Gasteiger partial charge in [0.05, 0.1) is 12.0 Å². The van der Waals surface area contributed by atoms with Crippen LogP contribution in [0.3, 0.4) is 0 Å². The Kier molecular flexibility index (Phi) is 3.99. The smallest absolute Gasteiger partial charge is 0.317 e. The number of urea groups is 1. The van der Waals surface area contributed by atoms with Crippen LogP contribution in [-0.2, 0) is 9.53 Å². The van der Waals surface area contributed by atoms with Crippen LogP contribution in [0.4, 0.5) is 4.79 Å². The van der Waals surface area contributed by atoms with E-state index in [1.165, 1.54) is 0 Å². The van der Waals surface area contributed by atoms with Gasteiger partial charge < -0.3 is 20.1 Å². The quantitative estimate of drug-likeness (QED) is 0.799. The first-order chi connectivity index (χ1) is 8.92. The fourth-order valence-corrected chi connectivity index (χ4v) is 2.66. The van der Waals surface area contributed by atoms with E-state index in [-0.39, 0.29) is 18.6 Å². The second-order valence-electron chi connectivity index (χ2n) is 5.90. The normalized spacial score (nSPS) is 32.3. The first-order valence-corrected chi connectivity index (χ1v) is 6.79. The molecule has 108 valence electrons. The number of hydrogen-bond acceptors (Lipinski definition) is 3. The summed E-state index contributed by atoms with van der Waals surface area (Å²) in [4.78, 5) is 24.8. The van der Waals surface area contributed by atoms with Crippen LogP contribution in [0.5, 0.6) is 0 Å². The zero-order valence-electron chi connectivity index (χ0n) is 11.5. The lowest BCUT2D eigenvalue weighted by atomic mass is 9.90. The molecule has 2 saturated heterocycles. The molecule has 3 unspecified atom stereocenters. The van der Waals surface area contributed by atoms with Crippen molar-refractivity contribution in [2.75, 3.05) is 26.3 Å². The molecule has 2 amide bonds. The average Bonchev–Trinajstić information content (AvgIpc) is 2.98. The lowest BCUT2D eigenvalue weighted by Crippen LogP contribution is -2.46. The summed E-state index contributed by atoms with van der Waals surface area (Å²) in [5, 5.41) is 12.1. The van der Waals surface area contributed by atoms with Crippen LogP contribution in [0.25, 0.3) is 0 Å². The van der Waals surface area contributed by atoms with E-state index in [2.05, 4.69) is 5.32 Å². The number of hydrogen-bond donors (Lipinski definition) is 2. The predicted octanol–water partition coefficient (Wildman–Crippen LogP) is 0.918. The summed E-state index contributed by atoms with van der Waals surface area (Å²) in [7, 11) is 0. The number of carbonyl (C=O) groups excluding carboxylic acids is 1. The van der Waals surface area contributed by atoms with Gasteiger partial charge in [-0.15, -0.1) is 0 Å². The minimum Gasteiger partial charge on any atom is -0.481 e. The third-order valence-corrected chi connectivity index (χ3v) is 4.30. The van der Waals surface area contributed by atoms with Crippen LogP contribution in [0.2, 0.25) is 0 Å². The average molecular weight is 270 g/mol. The lowest BCUT2D eigenvalue weighted by molar-refractivity contribution is -0.146. The molecule has 2 aliphatic heterocycles. The van der Waals surface area contributed by atoms with Gasteiger partial charge in [-0.1, -0.05) is 0 Å². The number of carboxylic acids is 1. The molecule has 0 aromatic heterocycles. The molecular weight excluding hydrogens is 248 g/mol. The molecule has 19 heavy (non-hydrogen) atoms. The van der Waals surface area contributed by atoms with Gasteiger partial charge in [0.15, 0.2) is 0 Å². The van der Waals surface area contributed by atoms with Crippen molar-refractivity contribution in [2.45, 2.75) is 32.7 Å². The number of ether oxygens (including phenoxy) is 1. The fraction of sp³-hybridized carbons (Fsp3) is 0.846. The largest absolute Gasteiger partial charge is 0.481 e. The van der Waals surface area contributed by atoms with E-state index >= 15 is 0 Å². The Morgan fingerprint density at radius 3 is 2.79 bits per heavy atom. The van der Waals surface area contributed by atoms with Gasteiger partial charge >= 0.3 is 12.0 Å². The summed E-state index contributed by atoms with van der Waals surface area (Å²) >= 11 is 0. The van der Waals surface area contributed by atoms with Gasteiger partial charge in [0, 0.05) is 31.7 Å². The molecule has 0 spiro atoms. The number of amides is 2. The Morgan fingerprint density at radius 1 is 1.53 bits per heavy atom. The molecule has 0 bridgehead atoms. The van der Waals surface area contributed by atoms with Crippen LogP contribution >= 0.6 is 0 Å². The van der Waals surface area contributed by atoms with Gasteiger partial charge in [-0.05, 0) is 26.7 Å². The molecule has 2 fully saturated rings. The van der Waals surface area contributed by atoms with Crippen molar-refractivity contribution < 1.29 is 19.4 Å². The number of nitrogens with one attached hydrogen (secondary N) is 1. The Bertz CT molecular complexity index is 368. The molecule has 0 aromatic rings. The van der Waals surface area contributed by atoms with Gasteiger partial charge in [-0.25, -0.2) is 4.79 Å². The van der Waals surface area contributed by atoms with E-state index in [4.69, 9.17) is 9.84 Å². The van der Waals surface area contributed by atoms with Gasteiger partial charge in [0.1, 0.15) is 0 Å². The zero-order chi connectivity index (χ0) is 14.0. The van der Waals surface area contributed by atoms with Crippen LogP contribution in [0.1, 0.15) is 26.7 Å². The number of carboxylic acid groups (broad SMARTS) is 1. The maximum Gasteiger partial charge on any atom is 0.317 e. The Balaban J connectivity index is 1.86. The summed E-state index contributed by atoms with van der Waals surface area (Å²) in [6.07, 6.45) is 1.48. The zero-order valence-corrected chi connectivity index (χ0v) is 11.5. The highest BCUT2D eigenvalue weighted by Gasteiger charge is 2.42. The minimum atomic E-state index is -0.833. The van der Waals surface area contributed by atoms with Crippen molar-refractivity contribution in [3.8, 4) is 0 Å². The molecule has 0 aromatic carbocycles. The first-order valence-electron chi connectivity index (χ1n) is 6.79. The van der Waals surface area contributed by atoms with Crippen LogP contribution in [0.15, 0.2) is 0 Å². The number of carbonyl (C=O) groups is 2. The van der Waals surface area contributed by atoms with Crippen LogP contribution < -0.4 is 5.32 Å². The maximum atomic E-state index is 12.1. The van der Waals surface area contributed by atoms with Crippen LogP contribution in [-0.4, -0.2) is 54.4 Å². The Morgan fingerprint density at radius 2 is 2.26 bits per heavy atom. The van der Waals surface area contributed by atoms with E-state index in [1.807, 2.05) is 6.92 Å². The molecule has 3 atom stereocenters. The second kappa shape index (κ2) is 5.36. The van der Waals surface area contributed by atoms with Crippen molar-refractivity contribution in [1.82, 2.24) is 10.2 Å². The molecule has 2 heterocycles. The molecule has 0 radical (unpaired) electrons. The van der Waals surface area contributed by atoms with Crippen molar-refractivity contribution in [3.63, 3.8) is 0 Å². The summed E-state index contributed by atoms with van der Waals surface area (Å²) < 4.78 is 5.31. The molecule has 6 nitrogen and oxygen atoms in total. The van der Waals surface area contributed by atoms with Gasteiger partial charge in [-0.2, -0.15) is 0 Å². The molecular formula is C13H22N2O4. The molecule has 0 aliphatic carbocycles. The van der Waals surface area contributed by atoms with E-state index in [0.717, 1.165) is 13.0 Å². The molecule has 2 rings (SSSR count). The molecule has 6 heteroatoms. The standard InChI is InChI=1S/C13H22N2O4/c1-9(10-3-6-19-7-10)14-12(18)15-5-4-13(2,8-15)11(16)17/h9-10H,3-8H2,1-2H3,(H,14,18)(H,16,17). The SMILES string of the molecule is CC(NC(=O)N1CCC(C)(C(=O)O)C1)C1CCOC1. The molecule has 0 saturated carbocycles. The topological polar surface area (TPSA) is 78.9 Å². The highest BCUT2D eigenvalue weighted by Crippen LogP contribution is 2.30. The van der Waals surface area contributed by atoms with E-state index < -0.39 is 11.4 Å². The fourth-order valence-electron chi connectivity index (χ4n) is 2.66. The number of nitrogens with zero attached hydrogens (tertiary/aromatic N) is 1. The summed E-state index contributed by atoms with van der Waals surface area (Å²) in [5.74, 6) is -0.475. The van der Waals surface area contributed by atoms with Crippen molar-refractivity contribution in [3.05, 3.63) is 0 Å². The van der Waals surface area contributed by atoms with E-state index in [9.17, 15) is 9.59 Å². The van der Waals surface area contributed by atoms with Crippen molar-refractivity contribution >= 4 is 12.0 Å². The third-order valence-electron chi connectivity index (χ3n) is 4.30. The summed E-state index contributed by atoms with van der Waals surface area (Å²) in [5.41, 5.74) is -0.808. The minimum absolute atomic E-state index is 0.0617. The number of likely N-dealkylation sites (tertiary alicyclic amines) is 1. The Hall–Kier alpha value is -1.30. The van der Waals surface area contributed by atoms with E-state index in [1.54, 1.807) is 11.8 Å². The van der Waals surface area contributed by atoms with Gasteiger partial charge in [0.25, 0.3) is 0 Å². The Labute approximate surface area is 113 Å². The summed E-state index contributed by atoms with van der Waals surface area (Å²) in [6, 6.07) is -0.101. The lowest BCUT2D eigenvalue weighted by Gasteiger charge is -2.25. The second-order valence-corrected chi connectivity index (χ2v) is 5.90. The van der Waals surface area contributed by atoms with Crippen molar-refractivity contribution in [2.24, 2.45) is 11.3 Å². The van der Waals surface area contributed by atoms with Crippen LogP contribution in [0, 0.1) is 11.3 Å². The monoisotopic (exact) mass is 270 g/mol. The molecule has 2 N–H and O–H groups in total. The molecule has 2 aliphatic rings. The maximum absolute atomic E-state index is 12.1. The number of aliphatic carboxylic acids is 1. The van der Waals surface area contributed by atoms with Gasteiger partial charge in [0.2, 0.25) is 0 Å². The number of rotatable bonds is 3. The highest BCUT2D eigenvalue weighted by molar-refractivity contribution is 5.79.